The standard InChI is InChI=1S/C29H38N8.C2H5N/c1-7-29(28(4,5)6)10-12-36(13-11-29)25-9-8-21(16-33-25)26-27-23(15-31)18-34-37(27)19-24(35-26)22(14-30)17-32-20(2)3;1-2-3/h8-9,14,16-20H,7,10-13,30H2,1-6H3;2H,1,3H2/b22-14+,32-17?;. The van der Waals surface area contributed by atoms with Crippen LogP contribution in [0.25, 0.3) is 22.3 Å². The Kier molecular flexibility index (Phi) is 9.69. The van der Waals surface area contributed by atoms with Crippen LogP contribution in [0.5, 0.6) is 0 Å². The first kappa shape index (κ1) is 30.4. The van der Waals surface area contributed by atoms with Crippen LogP contribution in [0.3, 0.4) is 0 Å². The number of aliphatic imine (C=N–C) groups is 1. The van der Waals surface area contributed by atoms with E-state index in [1.54, 1.807) is 23.1 Å². The lowest BCUT2D eigenvalue weighted by atomic mass is 9.60. The van der Waals surface area contributed by atoms with Crippen LogP contribution < -0.4 is 16.4 Å². The number of allylic oxidation sites excluding steroid dienone is 1. The van der Waals surface area contributed by atoms with E-state index in [0.29, 0.717) is 33.5 Å². The fraction of sp³-hybridized carbons (Fsp3) is 0.452. The van der Waals surface area contributed by atoms with E-state index in [2.05, 4.69) is 67.1 Å². The Bertz CT molecular complexity index is 1390. The van der Waals surface area contributed by atoms with Crippen LogP contribution in [-0.2, 0) is 0 Å². The van der Waals surface area contributed by atoms with Gasteiger partial charge in [0, 0.05) is 48.9 Å². The number of piperidine rings is 1. The minimum atomic E-state index is 0.130. The van der Waals surface area contributed by atoms with Gasteiger partial charge < -0.3 is 16.4 Å². The number of aromatic nitrogens is 4. The molecule has 0 bridgehead atoms. The molecule has 9 heteroatoms. The van der Waals surface area contributed by atoms with Crippen LogP contribution in [0, 0.1) is 22.2 Å². The summed E-state index contributed by atoms with van der Waals surface area (Å²) in [5, 5.41) is 14.1. The van der Waals surface area contributed by atoms with Crippen LogP contribution >= 0.6 is 0 Å². The fourth-order valence-corrected chi connectivity index (χ4v) is 5.37. The first-order valence-corrected chi connectivity index (χ1v) is 13.8. The Morgan fingerprint density at radius 1 is 1.23 bits per heavy atom. The molecule has 1 saturated heterocycles. The normalized spacial score (nSPS) is 15.7. The summed E-state index contributed by atoms with van der Waals surface area (Å²) in [6, 6.07) is 6.45. The van der Waals surface area contributed by atoms with Crippen molar-refractivity contribution >= 4 is 23.1 Å². The number of nitriles is 1. The second kappa shape index (κ2) is 12.8. The molecule has 3 aromatic heterocycles. The van der Waals surface area contributed by atoms with Crippen molar-refractivity contribution in [3.63, 3.8) is 0 Å². The molecule has 4 N–H and O–H groups in total. The summed E-state index contributed by atoms with van der Waals surface area (Å²) in [4.78, 5) is 16.6. The molecule has 0 unspecified atom stereocenters. The fourth-order valence-electron chi connectivity index (χ4n) is 5.37. The van der Waals surface area contributed by atoms with Crippen molar-refractivity contribution in [1.82, 2.24) is 19.6 Å². The van der Waals surface area contributed by atoms with Crippen molar-refractivity contribution in [2.24, 2.45) is 27.3 Å². The number of anilines is 1. The minimum absolute atomic E-state index is 0.130. The zero-order valence-corrected chi connectivity index (χ0v) is 24.7. The van der Waals surface area contributed by atoms with Gasteiger partial charge in [-0.25, -0.2) is 14.5 Å². The molecule has 0 amide bonds. The summed E-state index contributed by atoms with van der Waals surface area (Å²) < 4.78 is 1.68. The Balaban J connectivity index is 0.00000141. The van der Waals surface area contributed by atoms with E-state index in [1.165, 1.54) is 18.8 Å². The molecule has 9 nitrogen and oxygen atoms in total. The van der Waals surface area contributed by atoms with Gasteiger partial charge in [-0.3, -0.25) is 4.99 Å². The van der Waals surface area contributed by atoms with E-state index in [9.17, 15) is 5.26 Å². The topological polar surface area (TPSA) is 135 Å². The third kappa shape index (κ3) is 6.33. The lowest BCUT2D eigenvalue weighted by Crippen LogP contribution is -2.46. The molecule has 0 spiro atoms. The van der Waals surface area contributed by atoms with Crippen LogP contribution in [0.4, 0.5) is 5.82 Å². The highest BCUT2D eigenvalue weighted by Crippen LogP contribution is 2.49. The molecule has 1 aliphatic heterocycles. The largest absolute Gasteiger partial charge is 0.405 e. The van der Waals surface area contributed by atoms with E-state index in [1.807, 2.05) is 26.1 Å². The number of nitrogens with zero attached hydrogens (tertiary/aromatic N) is 7. The first-order valence-electron chi connectivity index (χ1n) is 13.8. The highest BCUT2D eigenvalue weighted by atomic mass is 15.2. The Hall–Kier alpha value is -4.19. The number of pyridine rings is 1. The molecule has 0 aliphatic carbocycles. The number of rotatable bonds is 6. The predicted octanol–water partition coefficient (Wildman–Crippen LogP) is 5.57. The van der Waals surface area contributed by atoms with Crippen LogP contribution in [-0.4, -0.2) is 44.9 Å². The summed E-state index contributed by atoms with van der Waals surface area (Å²) in [5.41, 5.74) is 15.1. The Morgan fingerprint density at radius 3 is 2.40 bits per heavy atom. The summed E-state index contributed by atoms with van der Waals surface area (Å²) in [6.07, 6.45) is 13.2. The van der Waals surface area contributed by atoms with Gasteiger partial charge in [0.25, 0.3) is 0 Å². The van der Waals surface area contributed by atoms with Gasteiger partial charge in [0.15, 0.2) is 0 Å². The second-order valence-corrected chi connectivity index (χ2v) is 11.4. The lowest BCUT2D eigenvalue weighted by molar-refractivity contribution is 0.0494. The molecule has 0 atom stereocenters. The monoisotopic (exact) mass is 541 g/mol. The number of fused-ring (bicyclic) bond motifs is 1. The SMILES string of the molecule is C=CN.CCC1(C(C)(C)C)CCN(c2ccc(-c3nc(/C(C=NC(C)C)=C/N)cn4ncc(C#N)c34)cn2)CC1. The molecule has 0 aromatic carbocycles. The van der Waals surface area contributed by atoms with Crippen molar-refractivity contribution < 1.29 is 0 Å². The van der Waals surface area contributed by atoms with Crippen LogP contribution in [0.2, 0.25) is 0 Å². The zero-order valence-electron chi connectivity index (χ0n) is 24.7. The molecule has 0 saturated carbocycles. The maximum absolute atomic E-state index is 9.69. The molecule has 3 aromatic rings. The summed E-state index contributed by atoms with van der Waals surface area (Å²) in [6.45, 7) is 18.6. The highest BCUT2D eigenvalue weighted by Gasteiger charge is 2.42. The van der Waals surface area contributed by atoms with Crippen molar-refractivity contribution in [3.05, 3.63) is 61.0 Å². The van der Waals surface area contributed by atoms with Crippen molar-refractivity contribution in [2.75, 3.05) is 18.0 Å². The Labute approximate surface area is 238 Å². The van der Waals surface area contributed by atoms with Gasteiger partial charge in [-0.05, 0) is 62.3 Å². The van der Waals surface area contributed by atoms with Crippen molar-refractivity contribution in [2.45, 2.75) is 66.8 Å². The average Bonchev–Trinajstić information content (AvgIpc) is 3.36. The quantitative estimate of drug-likeness (QED) is 0.389. The summed E-state index contributed by atoms with van der Waals surface area (Å²) in [7, 11) is 0. The summed E-state index contributed by atoms with van der Waals surface area (Å²) >= 11 is 0. The highest BCUT2D eigenvalue weighted by molar-refractivity contribution is 6.09. The van der Waals surface area contributed by atoms with Crippen LogP contribution in [0.1, 0.15) is 72.1 Å². The maximum Gasteiger partial charge on any atom is 0.128 e. The molecule has 1 aliphatic rings. The average molecular weight is 542 g/mol. The summed E-state index contributed by atoms with van der Waals surface area (Å²) in [5.74, 6) is 0.968. The molecular formula is C31H43N9. The minimum Gasteiger partial charge on any atom is -0.405 e. The van der Waals surface area contributed by atoms with Gasteiger partial charge in [-0.2, -0.15) is 10.4 Å². The first-order chi connectivity index (χ1) is 19.0. The van der Waals surface area contributed by atoms with Crippen molar-refractivity contribution in [1.29, 1.82) is 5.26 Å². The molecule has 1 fully saturated rings. The molecule has 40 heavy (non-hydrogen) atoms. The van der Waals surface area contributed by atoms with Gasteiger partial charge in [-0.1, -0.05) is 34.3 Å². The van der Waals surface area contributed by atoms with Gasteiger partial charge in [0.2, 0.25) is 0 Å². The third-order valence-corrected chi connectivity index (χ3v) is 7.94. The van der Waals surface area contributed by atoms with E-state index < -0.39 is 0 Å². The molecule has 212 valence electrons. The van der Waals surface area contributed by atoms with E-state index in [0.717, 1.165) is 37.3 Å². The number of hydrogen-bond donors (Lipinski definition) is 2. The second-order valence-electron chi connectivity index (χ2n) is 11.4. The molecule has 0 radical (unpaired) electrons. The molecule has 4 heterocycles. The van der Waals surface area contributed by atoms with Gasteiger partial charge in [-0.15, -0.1) is 0 Å². The zero-order chi connectivity index (χ0) is 29.5. The van der Waals surface area contributed by atoms with Crippen LogP contribution in [0.15, 0.2) is 54.7 Å². The maximum atomic E-state index is 9.69. The number of nitrogens with two attached hydrogens (primary N) is 2. The van der Waals surface area contributed by atoms with Gasteiger partial charge in [0.1, 0.15) is 23.0 Å². The lowest BCUT2D eigenvalue weighted by Gasteiger charge is -2.50. The van der Waals surface area contributed by atoms with E-state index >= 15 is 0 Å². The van der Waals surface area contributed by atoms with Crippen molar-refractivity contribution in [3.8, 4) is 17.3 Å². The molecular weight excluding hydrogens is 498 g/mol. The molecule has 4 rings (SSSR count). The van der Waals surface area contributed by atoms with E-state index in [-0.39, 0.29) is 11.5 Å². The predicted molar refractivity (Wildman–Crippen MR) is 165 cm³/mol. The third-order valence-electron chi connectivity index (χ3n) is 7.94. The smallest absolute Gasteiger partial charge is 0.128 e. The number of hydrogen-bond acceptors (Lipinski definition) is 8. The van der Waals surface area contributed by atoms with Gasteiger partial charge >= 0.3 is 0 Å². The van der Waals surface area contributed by atoms with Gasteiger partial charge in [0.05, 0.1) is 23.8 Å². The Morgan fingerprint density at radius 2 is 1.90 bits per heavy atom. The van der Waals surface area contributed by atoms with E-state index in [4.69, 9.17) is 15.7 Å².